The second-order valence-corrected chi connectivity index (χ2v) is 7.40. The van der Waals surface area contributed by atoms with Gasteiger partial charge in [-0.15, -0.1) is 0 Å². The van der Waals surface area contributed by atoms with Crippen molar-refractivity contribution in [3.05, 3.63) is 69.7 Å². The summed E-state index contributed by atoms with van der Waals surface area (Å²) in [5.74, 6) is -0.182. The molecule has 4 nitrogen and oxygen atoms in total. The van der Waals surface area contributed by atoms with Gasteiger partial charge in [-0.25, -0.2) is 5.06 Å². The molecular formula is C20H22Cl2N2O2. The molecule has 0 aromatic heterocycles. The third kappa shape index (κ3) is 4.21. The highest BCUT2D eigenvalue weighted by molar-refractivity contribution is 6.42. The minimum absolute atomic E-state index is 0.0286. The van der Waals surface area contributed by atoms with Crippen molar-refractivity contribution in [1.82, 2.24) is 9.96 Å². The highest BCUT2D eigenvalue weighted by Gasteiger charge is 2.40. The monoisotopic (exact) mass is 392 g/mol. The van der Waals surface area contributed by atoms with E-state index in [9.17, 15) is 4.79 Å². The van der Waals surface area contributed by atoms with Gasteiger partial charge in [-0.05, 0) is 23.3 Å². The van der Waals surface area contributed by atoms with E-state index in [1.165, 1.54) is 17.7 Å². The summed E-state index contributed by atoms with van der Waals surface area (Å²) in [6.07, 6.45) is 0. The van der Waals surface area contributed by atoms with Crippen LogP contribution in [0.4, 0.5) is 0 Å². The zero-order chi connectivity index (χ0) is 18.7. The van der Waals surface area contributed by atoms with Gasteiger partial charge in [0.2, 0.25) is 0 Å². The molecule has 0 spiro atoms. The van der Waals surface area contributed by atoms with Crippen LogP contribution >= 0.6 is 23.2 Å². The third-order valence-electron chi connectivity index (χ3n) is 4.92. The largest absolute Gasteiger partial charge is 0.298 e. The average Bonchev–Trinajstić information content (AvgIpc) is 3.07. The van der Waals surface area contributed by atoms with Gasteiger partial charge in [0, 0.05) is 32.6 Å². The molecular weight excluding hydrogens is 371 g/mol. The van der Waals surface area contributed by atoms with Crippen LogP contribution in [0.5, 0.6) is 0 Å². The molecule has 0 aliphatic carbocycles. The molecule has 2 aromatic carbocycles. The van der Waals surface area contributed by atoms with Gasteiger partial charge in [0.05, 0.1) is 23.1 Å². The molecule has 2 aromatic rings. The lowest BCUT2D eigenvalue weighted by atomic mass is 9.88. The number of benzene rings is 2. The van der Waals surface area contributed by atoms with Gasteiger partial charge in [-0.2, -0.15) is 0 Å². The second kappa shape index (κ2) is 8.40. The number of carbonyl (C=O) groups excluding carboxylic acids is 1. The standard InChI is InChI=1S/C20H22Cl2N2O2/c1-23(26-2)20(25)17-13-24(11-14-6-4-3-5-7-14)12-16(17)15-8-9-18(21)19(22)10-15/h3-10,16-17H,11-13H2,1-2H3/t16-,17+/m1/s1. The molecule has 1 saturated heterocycles. The molecule has 26 heavy (non-hydrogen) atoms. The fraction of sp³-hybridized carbons (Fsp3) is 0.350. The quantitative estimate of drug-likeness (QED) is 0.713. The van der Waals surface area contributed by atoms with Crippen molar-refractivity contribution in [2.24, 2.45) is 5.92 Å². The minimum atomic E-state index is -0.194. The molecule has 1 aliphatic heterocycles. The normalized spacial score (nSPS) is 20.3. The first-order chi connectivity index (χ1) is 12.5. The van der Waals surface area contributed by atoms with Crippen molar-refractivity contribution < 1.29 is 9.63 Å². The zero-order valence-corrected chi connectivity index (χ0v) is 16.4. The van der Waals surface area contributed by atoms with Gasteiger partial charge >= 0.3 is 0 Å². The molecule has 6 heteroatoms. The summed E-state index contributed by atoms with van der Waals surface area (Å²) in [6.45, 7) is 2.26. The van der Waals surface area contributed by atoms with Crippen LogP contribution in [0.15, 0.2) is 48.5 Å². The van der Waals surface area contributed by atoms with Gasteiger partial charge in [-0.1, -0.05) is 59.6 Å². The Morgan fingerprint density at radius 3 is 2.54 bits per heavy atom. The first-order valence-electron chi connectivity index (χ1n) is 8.52. The van der Waals surface area contributed by atoms with Crippen molar-refractivity contribution in [2.45, 2.75) is 12.5 Å². The van der Waals surface area contributed by atoms with E-state index in [2.05, 4.69) is 17.0 Å². The summed E-state index contributed by atoms with van der Waals surface area (Å²) in [5.41, 5.74) is 2.26. The lowest BCUT2D eigenvalue weighted by Crippen LogP contribution is -2.35. The molecule has 138 valence electrons. The number of nitrogens with zero attached hydrogens (tertiary/aromatic N) is 2. The fourth-order valence-corrected chi connectivity index (χ4v) is 3.82. The van der Waals surface area contributed by atoms with E-state index >= 15 is 0 Å². The Bertz CT molecular complexity index is 770. The number of carbonyl (C=O) groups is 1. The Morgan fingerprint density at radius 2 is 1.88 bits per heavy atom. The predicted octanol–water partition coefficient (Wildman–Crippen LogP) is 4.23. The smallest absolute Gasteiger partial charge is 0.250 e. The van der Waals surface area contributed by atoms with E-state index < -0.39 is 0 Å². The van der Waals surface area contributed by atoms with Crippen LogP contribution in [-0.4, -0.2) is 43.1 Å². The van der Waals surface area contributed by atoms with E-state index in [0.29, 0.717) is 16.6 Å². The van der Waals surface area contributed by atoms with Gasteiger partial charge < -0.3 is 0 Å². The average molecular weight is 393 g/mol. The van der Waals surface area contributed by atoms with Crippen LogP contribution in [0.2, 0.25) is 10.0 Å². The summed E-state index contributed by atoms with van der Waals surface area (Å²) in [6, 6.07) is 15.9. The summed E-state index contributed by atoms with van der Waals surface area (Å²) in [4.78, 5) is 20.2. The van der Waals surface area contributed by atoms with Crippen LogP contribution in [0.1, 0.15) is 17.0 Å². The number of hydroxylamine groups is 2. The summed E-state index contributed by atoms with van der Waals surface area (Å²) in [5, 5.41) is 2.34. The van der Waals surface area contributed by atoms with Crippen molar-refractivity contribution in [2.75, 3.05) is 27.2 Å². The molecule has 0 bridgehead atoms. The van der Waals surface area contributed by atoms with Crippen LogP contribution < -0.4 is 0 Å². The Hall–Kier alpha value is -1.59. The molecule has 2 atom stereocenters. The van der Waals surface area contributed by atoms with Crippen molar-refractivity contribution in [1.29, 1.82) is 0 Å². The van der Waals surface area contributed by atoms with Gasteiger partial charge in [-0.3, -0.25) is 14.5 Å². The summed E-state index contributed by atoms with van der Waals surface area (Å²) < 4.78 is 0. The van der Waals surface area contributed by atoms with Crippen LogP contribution in [-0.2, 0) is 16.2 Å². The first-order valence-corrected chi connectivity index (χ1v) is 9.28. The molecule has 0 radical (unpaired) electrons. The lowest BCUT2D eigenvalue weighted by molar-refractivity contribution is -0.173. The maximum absolute atomic E-state index is 12.8. The van der Waals surface area contributed by atoms with Gasteiger partial charge in [0.25, 0.3) is 5.91 Å². The van der Waals surface area contributed by atoms with Crippen molar-refractivity contribution in [3.63, 3.8) is 0 Å². The van der Waals surface area contributed by atoms with E-state index in [1.54, 1.807) is 13.1 Å². The highest BCUT2D eigenvalue weighted by Crippen LogP contribution is 2.37. The predicted molar refractivity (Wildman–Crippen MR) is 104 cm³/mol. The summed E-state index contributed by atoms with van der Waals surface area (Å²) >= 11 is 12.3. The minimum Gasteiger partial charge on any atom is -0.298 e. The topological polar surface area (TPSA) is 32.8 Å². The second-order valence-electron chi connectivity index (χ2n) is 6.58. The van der Waals surface area contributed by atoms with Crippen molar-refractivity contribution >= 4 is 29.1 Å². The molecule has 3 rings (SSSR count). The number of hydrogen-bond acceptors (Lipinski definition) is 3. The molecule has 1 heterocycles. The van der Waals surface area contributed by atoms with Gasteiger partial charge in [0.1, 0.15) is 0 Å². The maximum Gasteiger partial charge on any atom is 0.250 e. The van der Waals surface area contributed by atoms with E-state index in [-0.39, 0.29) is 17.7 Å². The van der Waals surface area contributed by atoms with Crippen molar-refractivity contribution in [3.8, 4) is 0 Å². The first kappa shape index (κ1) is 19.2. The highest BCUT2D eigenvalue weighted by atomic mass is 35.5. The number of amides is 1. The van der Waals surface area contributed by atoms with Crippen LogP contribution in [0.3, 0.4) is 0 Å². The summed E-state index contributed by atoms with van der Waals surface area (Å²) in [7, 11) is 3.15. The molecule has 1 aliphatic rings. The van der Waals surface area contributed by atoms with E-state index in [4.69, 9.17) is 28.0 Å². The number of likely N-dealkylation sites (tertiary alicyclic amines) is 1. The fourth-order valence-electron chi connectivity index (χ4n) is 3.51. The molecule has 1 fully saturated rings. The SMILES string of the molecule is CON(C)C(=O)[C@H]1CN(Cc2ccccc2)C[C@@H]1c1ccc(Cl)c(Cl)c1. The molecule has 1 amide bonds. The number of rotatable bonds is 5. The third-order valence-corrected chi connectivity index (χ3v) is 5.66. The maximum atomic E-state index is 12.8. The Kier molecular flexibility index (Phi) is 6.20. The molecule has 0 unspecified atom stereocenters. The van der Waals surface area contributed by atoms with Crippen LogP contribution in [0.25, 0.3) is 0 Å². The van der Waals surface area contributed by atoms with Gasteiger partial charge in [0.15, 0.2) is 0 Å². The van der Waals surface area contributed by atoms with E-state index in [0.717, 1.165) is 18.7 Å². The molecule has 0 N–H and O–H groups in total. The number of hydrogen-bond donors (Lipinski definition) is 0. The lowest BCUT2D eigenvalue weighted by Gasteiger charge is -2.23. The zero-order valence-electron chi connectivity index (χ0n) is 14.9. The Balaban J connectivity index is 1.85. The van der Waals surface area contributed by atoms with Crippen LogP contribution in [0, 0.1) is 5.92 Å². The Morgan fingerprint density at radius 1 is 1.15 bits per heavy atom. The molecule has 0 saturated carbocycles. The Labute approximate surface area is 164 Å². The number of halogens is 2. The van der Waals surface area contributed by atoms with E-state index in [1.807, 2.05) is 30.3 Å².